The molecule has 0 fully saturated rings. The number of nitrogens with zero attached hydrogens (tertiary/aromatic N) is 1. The second-order valence-electron chi connectivity index (χ2n) is 5.73. The van der Waals surface area contributed by atoms with Crippen molar-refractivity contribution in [3.05, 3.63) is 65.0 Å². The van der Waals surface area contributed by atoms with E-state index in [1.54, 1.807) is 0 Å². The Bertz CT molecular complexity index is 528. The summed E-state index contributed by atoms with van der Waals surface area (Å²) in [6.07, 6.45) is 6.29. The molecule has 1 atom stereocenters. The molecule has 2 heteroatoms. The van der Waals surface area contributed by atoms with Gasteiger partial charge in [0.2, 0.25) is 0 Å². The molecule has 1 N–H and O–H groups in total. The number of aryl methyl sites for hydroxylation is 3. The summed E-state index contributed by atoms with van der Waals surface area (Å²) in [7, 11) is 2.04. The number of hydrogen-bond acceptors (Lipinski definition) is 2. The fourth-order valence-electron chi connectivity index (χ4n) is 2.48. The minimum atomic E-state index is 0.478. The highest BCUT2D eigenvalue weighted by Gasteiger charge is 2.08. The Kier molecular flexibility index (Phi) is 5.94. The van der Waals surface area contributed by atoms with Gasteiger partial charge in [0.05, 0.1) is 0 Å². The van der Waals surface area contributed by atoms with E-state index in [1.165, 1.54) is 22.4 Å². The molecule has 2 nitrogen and oxygen atoms in total. The van der Waals surface area contributed by atoms with E-state index in [4.69, 9.17) is 0 Å². The van der Waals surface area contributed by atoms with Gasteiger partial charge >= 0.3 is 0 Å². The van der Waals surface area contributed by atoms with Gasteiger partial charge in [0, 0.05) is 24.4 Å². The first kappa shape index (κ1) is 15.7. The van der Waals surface area contributed by atoms with E-state index in [1.807, 2.05) is 13.2 Å². The lowest BCUT2D eigenvalue weighted by molar-refractivity contribution is 0.515. The zero-order chi connectivity index (χ0) is 15.1. The third-order valence-electron chi connectivity index (χ3n) is 4.06. The van der Waals surface area contributed by atoms with Crippen LogP contribution in [0.1, 0.15) is 35.7 Å². The van der Waals surface area contributed by atoms with Crippen LogP contribution < -0.4 is 5.32 Å². The third kappa shape index (κ3) is 4.98. The van der Waals surface area contributed by atoms with E-state index in [9.17, 15) is 0 Å². The van der Waals surface area contributed by atoms with Gasteiger partial charge in [0.15, 0.2) is 0 Å². The molecule has 0 bridgehead atoms. The number of rotatable bonds is 7. The van der Waals surface area contributed by atoms with E-state index in [-0.39, 0.29) is 0 Å². The largest absolute Gasteiger partial charge is 0.317 e. The summed E-state index contributed by atoms with van der Waals surface area (Å²) in [6, 6.07) is 13.7. The summed E-state index contributed by atoms with van der Waals surface area (Å²) in [5.74, 6) is 0. The average molecular weight is 282 g/mol. The SMILES string of the molecule is CCc1ccc(CC(CCc2ccc(C)cc2)NC)nc1. The van der Waals surface area contributed by atoms with Crippen molar-refractivity contribution < 1.29 is 0 Å². The van der Waals surface area contributed by atoms with Crippen LogP contribution in [0.15, 0.2) is 42.6 Å². The number of benzene rings is 1. The molecule has 21 heavy (non-hydrogen) atoms. The van der Waals surface area contributed by atoms with E-state index in [0.29, 0.717) is 6.04 Å². The fraction of sp³-hybridized carbons (Fsp3) is 0.421. The van der Waals surface area contributed by atoms with Gasteiger partial charge in [-0.15, -0.1) is 0 Å². The molecule has 0 saturated carbocycles. The maximum absolute atomic E-state index is 4.56. The van der Waals surface area contributed by atoms with Crippen LogP contribution in [-0.2, 0) is 19.3 Å². The van der Waals surface area contributed by atoms with Crippen LogP contribution in [0.2, 0.25) is 0 Å². The first-order valence-electron chi connectivity index (χ1n) is 7.88. The Morgan fingerprint density at radius 2 is 1.76 bits per heavy atom. The van der Waals surface area contributed by atoms with Crippen LogP contribution in [0.4, 0.5) is 0 Å². The normalized spacial score (nSPS) is 12.3. The van der Waals surface area contributed by atoms with Crippen molar-refractivity contribution in [2.75, 3.05) is 7.05 Å². The molecule has 2 aromatic rings. The van der Waals surface area contributed by atoms with Gasteiger partial charge in [0.1, 0.15) is 0 Å². The number of likely N-dealkylation sites (N-methyl/N-ethyl adjacent to an activating group) is 1. The summed E-state index contributed by atoms with van der Waals surface area (Å²) < 4.78 is 0. The number of pyridine rings is 1. The van der Waals surface area contributed by atoms with Crippen LogP contribution in [0, 0.1) is 6.92 Å². The maximum Gasteiger partial charge on any atom is 0.0419 e. The predicted octanol–water partition coefficient (Wildman–Crippen LogP) is 3.72. The highest BCUT2D eigenvalue weighted by Crippen LogP contribution is 2.10. The van der Waals surface area contributed by atoms with Crippen molar-refractivity contribution in [1.29, 1.82) is 0 Å². The molecule has 2 rings (SSSR count). The maximum atomic E-state index is 4.56. The number of aromatic nitrogens is 1. The fourth-order valence-corrected chi connectivity index (χ4v) is 2.48. The topological polar surface area (TPSA) is 24.9 Å². The second-order valence-corrected chi connectivity index (χ2v) is 5.73. The van der Waals surface area contributed by atoms with E-state index < -0.39 is 0 Å². The molecule has 0 saturated heterocycles. The zero-order valence-electron chi connectivity index (χ0n) is 13.4. The van der Waals surface area contributed by atoms with Crippen molar-refractivity contribution in [3.8, 4) is 0 Å². The molecular weight excluding hydrogens is 256 g/mol. The molecule has 1 aromatic carbocycles. The van der Waals surface area contributed by atoms with Gasteiger partial charge < -0.3 is 5.32 Å². The Morgan fingerprint density at radius 3 is 2.33 bits per heavy atom. The van der Waals surface area contributed by atoms with Gasteiger partial charge in [-0.25, -0.2) is 0 Å². The van der Waals surface area contributed by atoms with Crippen LogP contribution in [0.5, 0.6) is 0 Å². The lowest BCUT2D eigenvalue weighted by Crippen LogP contribution is -2.28. The molecule has 1 heterocycles. The summed E-state index contributed by atoms with van der Waals surface area (Å²) in [6.45, 7) is 4.29. The average Bonchev–Trinajstić information content (AvgIpc) is 2.53. The van der Waals surface area contributed by atoms with Crippen molar-refractivity contribution in [2.45, 2.75) is 45.6 Å². The quantitative estimate of drug-likeness (QED) is 0.837. The van der Waals surface area contributed by atoms with Crippen molar-refractivity contribution in [1.82, 2.24) is 10.3 Å². The smallest absolute Gasteiger partial charge is 0.0419 e. The first-order chi connectivity index (χ1) is 10.2. The van der Waals surface area contributed by atoms with Crippen LogP contribution in [-0.4, -0.2) is 18.1 Å². The van der Waals surface area contributed by atoms with Gasteiger partial charge in [0.25, 0.3) is 0 Å². The first-order valence-corrected chi connectivity index (χ1v) is 7.88. The third-order valence-corrected chi connectivity index (χ3v) is 4.06. The summed E-state index contributed by atoms with van der Waals surface area (Å²) in [5.41, 5.74) is 5.22. The lowest BCUT2D eigenvalue weighted by Gasteiger charge is -2.16. The molecule has 0 amide bonds. The van der Waals surface area contributed by atoms with Gasteiger partial charge in [-0.05, 0) is 50.4 Å². The standard InChI is InChI=1S/C19H26N2/c1-4-16-9-12-19(21-14-16)13-18(20-3)11-10-17-7-5-15(2)6-8-17/h5-9,12,14,18,20H,4,10-11,13H2,1-3H3. The molecular formula is C19H26N2. The molecule has 1 unspecified atom stereocenters. The van der Waals surface area contributed by atoms with Gasteiger partial charge in [-0.1, -0.05) is 42.8 Å². The van der Waals surface area contributed by atoms with Crippen LogP contribution in [0.25, 0.3) is 0 Å². The molecule has 1 aromatic heterocycles. The van der Waals surface area contributed by atoms with Crippen molar-refractivity contribution in [2.24, 2.45) is 0 Å². The predicted molar refractivity (Wildman–Crippen MR) is 89.7 cm³/mol. The Labute approximate surface area is 128 Å². The molecule has 0 aliphatic heterocycles. The van der Waals surface area contributed by atoms with Crippen LogP contribution >= 0.6 is 0 Å². The molecule has 0 radical (unpaired) electrons. The zero-order valence-corrected chi connectivity index (χ0v) is 13.4. The minimum Gasteiger partial charge on any atom is -0.317 e. The van der Waals surface area contributed by atoms with Gasteiger partial charge in [-0.3, -0.25) is 4.98 Å². The van der Waals surface area contributed by atoms with E-state index >= 15 is 0 Å². The lowest BCUT2D eigenvalue weighted by atomic mass is 10.0. The summed E-state index contributed by atoms with van der Waals surface area (Å²) in [4.78, 5) is 4.56. The highest BCUT2D eigenvalue weighted by molar-refractivity contribution is 5.21. The van der Waals surface area contributed by atoms with Gasteiger partial charge in [-0.2, -0.15) is 0 Å². The number of nitrogens with one attached hydrogen (secondary N) is 1. The summed E-state index contributed by atoms with van der Waals surface area (Å²) in [5, 5.41) is 3.42. The monoisotopic (exact) mass is 282 g/mol. The molecule has 0 aliphatic rings. The Hall–Kier alpha value is -1.67. The molecule has 112 valence electrons. The summed E-state index contributed by atoms with van der Waals surface area (Å²) >= 11 is 0. The minimum absolute atomic E-state index is 0.478. The van der Waals surface area contributed by atoms with Crippen molar-refractivity contribution in [3.63, 3.8) is 0 Å². The van der Waals surface area contributed by atoms with E-state index in [2.05, 4.69) is 60.5 Å². The highest BCUT2D eigenvalue weighted by atomic mass is 14.9. The Balaban J connectivity index is 1.88. The molecule has 0 spiro atoms. The van der Waals surface area contributed by atoms with Crippen molar-refractivity contribution >= 4 is 0 Å². The second kappa shape index (κ2) is 7.94. The molecule has 0 aliphatic carbocycles. The Morgan fingerprint density at radius 1 is 1.05 bits per heavy atom. The van der Waals surface area contributed by atoms with Crippen LogP contribution in [0.3, 0.4) is 0 Å². The van der Waals surface area contributed by atoms with E-state index in [0.717, 1.165) is 25.7 Å². The number of hydrogen-bond donors (Lipinski definition) is 1.